The van der Waals surface area contributed by atoms with E-state index in [1.165, 1.54) is 10.2 Å². The van der Waals surface area contributed by atoms with Crippen LogP contribution in [0.1, 0.15) is 36.8 Å². The highest BCUT2D eigenvalue weighted by molar-refractivity contribution is 5.80. The van der Waals surface area contributed by atoms with E-state index in [-0.39, 0.29) is 23.4 Å². The summed E-state index contributed by atoms with van der Waals surface area (Å²) in [6.45, 7) is 4.89. The van der Waals surface area contributed by atoms with Crippen LogP contribution in [0.4, 0.5) is 5.69 Å². The Bertz CT molecular complexity index is 1190. The van der Waals surface area contributed by atoms with Gasteiger partial charge >= 0.3 is 0 Å². The first-order valence-electron chi connectivity index (χ1n) is 13.1. The third-order valence-corrected chi connectivity index (χ3v) is 7.37. The quantitative estimate of drug-likeness (QED) is 0.556. The molecule has 2 aromatic carbocycles. The van der Waals surface area contributed by atoms with E-state index in [0.29, 0.717) is 13.1 Å². The van der Waals surface area contributed by atoms with E-state index in [9.17, 15) is 9.59 Å². The van der Waals surface area contributed by atoms with Gasteiger partial charge in [-0.15, -0.1) is 0 Å². The fourth-order valence-corrected chi connectivity index (χ4v) is 5.29. The molecule has 0 bridgehead atoms. The average Bonchev–Trinajstić information content (AvgIpc) is 2.92. The lowest BCUT2D eigenvalue weighted by Gasteiger charge is -2.36. The van der Waals surface area contributed by atoms with Crippen LogP contribution in [0.25, 0.3) is 0 Å². The molecule has 36 heavy (non-hydrogen) atoms. The van der Waals surface area contributed by atoms with Crippen molar-refractivity contribution >= 4 is 11.6 Å². The molecule has 3 heterocycles. The molecule has 7 heteroatoms. The Balaban J connectivity index is 1.12. The Hall–Kier alpha value is -3.45. The summed E-state index contributed by atoms with van der Waals surface area (Å²) in [4.78, 5) is 30.4. The Morgan fingerprint density at radius 3 is 2.22 bits per heavy atom. The van der Waals surface area contributed by atoms with Crippen LogP contribution in [-0.4, -0.2) is 52.8 Å². The number of piperidine rings is 2. The van der Waals surface area contributed by atoms with Crippen LogP contribution in [0.3, 0.4) is 0 Å². The second-order valence-corrected chi connectivity index (χ2v) is 10.0. The molecule has 1 unspecified atom stereocenters. The standard InChI is InChI=1S/C29H35N5O2/c35-28-18-27(19-30-34(28)21-24-10-5-2-6-11-24)33-15-7-12-25(22-33)29(36)31-26-13-16-32(17-14-26)20-23-8-3-1-4-9-23/h1-6,8-11,18-19,25-26H,7,12-17,20-22H2,(H,31,36). The van der Waals surface area contributed by atoms with Crippen molar-refractivity contribution < 1.29 is 4.79 Å². The maximum Gasteiger partial charge on any atom is 0.269 e. The summed E-state index contributed by atoms with van der Waals surface area (Å²) >= 11 is 0. The first kappa shape index (κ1) is 24.3. The lowest BCUT2D eigenvalue weighted by Crippen LogP contribution is -2.49. The number of nitrogens with zero attached hydrogens (tertiary/aromatic N) is 4. The SMILES string of the molecule is O=C(NC1CCN(Cc2ccccc2)CC1)C1CCCN(c2cnn(Cc3ccccc3)c(=O)c2)C1. The molecule has 1 aromatic heterocycles. The fourth-order valence-electron chi connectivity index (χ4n) is 5.29. The normalized spacial score (nSPS) is 19.2. The van der Waals surface area contributed by atoms with Crippen LogP contribution in [0.2, 0.25) is 0 Å². The van der Waals surface area contributed by atoms with Gasteiger partial charge in [0.05, 0.1) is 24.3 Å². The van der Waals surface area contributed by atoms with Crippen molar-refractivity contribution in [3.05, 3.63) is 94.4 Å². The highest BCUT2D eigenvalue weighted by Gasteiger charge is 2.29. The van der Waals surface area contributed by atoms with Gasteiger partial charge in [0, 0.05) is 44.8 Å². The lowest BCUT2D eigenvalue weighted by molar-refractivity contribution is -0.126. The van der Waals surface area contributed by atoms with Gasteiger partial charge in [0.15, 0.2) is 0 Å². The fraction of sp³-hybridized carbons (Fsp3) is 0.414. The smallest absolute Gasteiger partial charge is 0.269 e. The van der Waals surface area contributed by atoms with E-state index in [1.54, 1.807) is 12.3 Å². The number of benzene rings is 2. The van der Waals surface area contributed by atoms with Crippen LogP contribution in [0, 0.1) is 5.92 Å². The van der Waals surface area contributed by atoms with Crippen molar-refractivity contribution in [2.75, 3.05) is 31.1 Å². The zero-order chi connectivity index (χ0) is 24.7. The summed E-state index contributed by atoms with van der Waals surface area (Å²) in [7, 11) is 0. The minimum absolute atomic E-state index is 0.0622. The van der Waals surface area contributed by atoms with Gasteiger partial charge in [-0.3, -0.25) is 14.5 Å². The molecule has 0 spiro atoms. The molecule has 2 fully saturated rings. The van der Waals surface area contributed by atoms with Gasteiger partial charge in [0.2, 0.25) is 5.91 Å². The predicted octanol–water partition coefficient (Wildman–Crippen LogP) is 3.29. The van der Waals surface area contributed by atoms with E-state index in [1.807, 2.05) is 36.4 Å². The maximum atomic E-state index is 13.1. The topological polar surface area (TPSA) is 70.5 Å². The molecule has 0 saturated carbocycles. The molecule has 2 aliphatic rings. The summed E-state index contributed by atoms with van der Waals surface area (Å²) in [5, 5.41) is 7.73. The van der Waals surface area contributed by atoms with Gasteiger partial charge in [-0.05, 0) is 36.8 Å². The number of aromatic nitrogens is 2. The summed E-state index contributed by atoms with van der Waals surface area (Å²) in [5.41, 5.74) is 3.06. The first-order valence-corrected chi connectivity index (χ1v) is 13.1. The van der Waals surface area contributed by atoms with Crippen molar-refractivity contribution in [3.63, 3.8) is 0 Å². The Kier molecular flexibility index (Phi) is 7.76. The highest BCUT2D eigenvalue weighted by atomic mass is 16.2. The number of likely N-dealkylation sites (tertiary alicyclic amines) is 1. The number of anilines is 1. The molecule has 0 aliphatic carbocycles. The van der Waals surface area contributed by atoms with Crippen molar-refractivity contribution in [2.24, 2.45) is 5.92 Å². The van der Waals surface area contributed by atoms with Crippen LogP contribution < -0.4 is 15.8 Å². The molecule has 7 nitrogen and oxygen atoms in total. The maximum absolute atomic E-state index is 13.1. The number of hydrogen-bond donors (Lipinski definition) is 1. The molecule has 188 valence electrons. The van der Waals surface area contributed by atoms with Gasteiger partial charge in [0.1, 0.15) is 0 Å². The molecule has 5 rings (SSSR count). The summed E-state index contributed by atoms with van der Waals surface area (Å²) < 4.78 is 1.48. The van der Waals surface area contributed by atoms with Crippen molar-refractivity contribution in [2.45, 2.75) is 44.8 Å². The molecule has 2 aliphatic heterocycles. The Morgan fingerprint density at radius 1 is 0.889 bits per heavy atom. The van der Waals surface area contributed by atoms with Crippen LogP contribution in [-0.2, 0) is 17.9 Å². The van der Waals surface area contributed by atoms with Gasteiger partial charge in [-0.2, -0.15) is 5.10 Å². The number of carbonyl (C=O) groups excluding carboxylic acids is 1. The van der Waals surface area contributed by atoms with Gasteiger partial charge in [-0.25, -0.2) is 4.68 Å². The van der Waals surface area contributed by atoms with Crippen molar-refractivity contribution in [1.29, 1.82) is 0 Å². The zero-order valence-corrected chi connectivity index (χ0v) is 20.8. The number of carbonyl (C=O) groups is 1. The van der Waals surface area contributed by atoms with E-state index in [2.05, 4.69) is 44.5 Å². The molecule has 1 amide bonds. The molecular formula is C29H35N5O2. The number of hydrogen-bond acceptors (Lipinski definition) is 5. The Morgan fingerprint density at radius 2 is 1.56 bits per heavy atom. The molecular weight excluding hydrogens is 450 g/mol. The molecule has 1 atom stereocenters. The lowest BCUT2D eigenvalue weighted by atomic mass is 9.95. The predicted molar refractivity (Wildman–Crippen MR) is 142 cm³/mol. The largest absolute Gasteiger partial charge is 0.369 e. The molecule has 0 radical (unpaired) electrons. The molecule has 2 saturated heterocycles. The molecule has 1 N–H and O–H groups in total. The van der Waals surface area contributed by atoms with Crippen LogP contribution in [0.5, 0.6) is 0 Å². The third kappa shape index (κ3) is 6.21. The monoisotopic (exact) mass is 485 g/mol. The summed E-state index contributed by atoms with van der Waals surface area (Å²) in [6, 6.07) is 22.3. The van der Waals surface area contributed by atoms with Crippen molar-refractivity contribution in [1.82, 2.24) is 20.0 Å². The van der Waals surface area contributed by atoms with E-state index in [4.69, 9.17) is 0 Å². The van der Waals surface area contributed by atoms with E-state index in [0.717, 1.165) is 63.1 Å². The van der Waals surface area contributed by atoms with Gasteiger partial charge in [-0.1, -0.05) is 60.7 Å². The van der Waals surface area contributed by atoms with E-state index >= 15 is 0 Å². The van der Waals surface area contributed by atoms with Gasteiger partial charge < -0.3 is 10.2 Å². The average molecular weight is 486 g/mol. The number of amides is 1. The number of rotatable bonds is 7. The summed E-state index contributed by atoms with van der Waals surface area (Å²) in [5.74, 6) is 0.0828. The first-order chi connectivity index (χ1) is 17.6. The second kappa shape index (κ2) is 11.5. The minimum Gasteiger partial charge on any atom is -0.369 e. The molecule has 3 aromatic rings. The third-order valence-electron chi connectivity index (χ3n) is 7.37. The van der Waals surface area contributed by atoms with E-state index < -0.39 is 0 Å². The summed E-state index contributed by atoms with van der Waals surface area (Å²) in [6.07, 6.45) is 5.54. The second-order valence-electron chi connectivity index (χ2n) is 10.0. The zero-order valence-electron chi connectivity index (χ0n) is 20.8. The van der Waals surface area contributed by atoms with Gasteiger partial charge in [0.25, 0.3) is 5.56 Å². The number of nitrogens with one attached hydrogen (secondary N) is 1. The minimum atomic E-state index is -0.120. The van der Waals surface area contributed by atoms with Crippen molar-refractivity contribution in [3.8, 4) is 0 Å². The van der Waals surface area contributed by atoms with Crippen LogP contribution >= 0.6 is 0 Å². The Labute approximate surface area is 212 Å². The van der Waals surface area contributed by atoms with Crippen LogP contribution in [0.15, 0.2) is 77.7 Å². The highest BCUT2D eigenvalue weighted by Crippen LogP contribution is 2.23.